The average Bonchev–Trinajstić information content (AvgIpc) is 3.12. The van der Waals surface area contributed by atoms with Gasteiger partial charge in [-0.2, -0.15) is 0 Å². The molecule has 28 heavy (non-hydrogen) atoms. The predicted molar refractivity (Wildman–Crippen MR) is 105 cm³/mol. The molecular weight excluding hydrogens is 356 g/mol. The van der Waals surface area contributed by atoms with E-state index in [-0.39, 0.29) is 23.4 Å². The molecule has 1 aliphatic rings. The fourth-order valence-electron chi connectivity index (χ4n) is 3.56. The lowest BCUT2D eigenvalue weighted by atomic mass is 10.1. The van der Waals surface area contributed by atoms with E-state index in [9.17, 15) is 14.4 Å². The first-order valence-electron chi connectivity index (χ1n) is 9.20. The third-order valence-corrected chi connectivity index (χ3v) is 4.92. The number of pyridine rings is 2. The fourth-order valence-corrected chi connectivity index (χ4v) is 3.56. The van der Waals surface area contributed by atoms with Crippen LogP contribution in [0.2, 0.25) is 0 Å². The lowest BCUT2D eigenvalue weighted by molar-refractivity contribution is -0.119. The molecule has 1 atom stereocenters. The van der Waals surface area contributed by atoms with E-state index < -0.39 is 0 Å². The summed E-state index contributed by atoms with van der Waals surface area (Å²) in [4.78, 5) is 45.6. The molecule has 3 aromatic rings. The highest BCUT2D eigenvalue weighted by Gasteiger charge is 2.27. The van der Waals surface area contributed by atoms with E-state index in [1.54, 1.807) is 23.4 Å². The van der Waals surface area contributed by atoms with E-state index in [0.717, 1.165) is 5.56 Å². The van der Waals surface area contributed by atoms with Gasteiger partial charge in [0.1, 0.15) is 0 Å². The van der Waals surface area contributed by atoms with Crippen LogP contribution in [-0.4, -0.2) is 39.3 Å². The lowest BCUT2D eigenvalue weighted by Crippen LogP contribution is -2.41. The molecule has 0 saturated carbocycles. The number of fused-ring (bicyclic) bond motifs is 1. The number of benzene rings is 1. The normalized spacial score (nSPS) is 16.1. The topological polar surface area (TPSA) is 95.2 Å². The maximum atomic E-state index is 13.4. The summed E-state index contributed by atoms with van der Waals surface area (Å²) in [6.45, 7) is 0.753. The summed E-state index contributed by atoms with van der Waals surface area (Å²) in [5, 5.41) is 3.61. The van der Waals surface area contributed by atoms with E-state index in [1.807, 2.05) is 30.3 Å². The zero-order valence-electron chi connectivity index (χ0n) is 15.2. The number of H-pyrrole nitrogens is 1. The second-order valence-electron chi connectivity index (χ2n) is 6.94. The van der Waals surface area contributed by atoms with Crippen molar-refractivity contribution in [3.05, 3.63) is 76.3 Å². The maximum absolute atomic E-state index is 13.4. The summed E-state index contributed by atoms with van der Waals surface area (Å²) in [5.74, 6) is -0.233. The van der Waals surface area contributed by atoms with Crippen LogP contribution in [0.25, 0.3) is 10.9 Å². The van der Waals surface area contributed by atoms with Gasteiger partial charge in [-0.05, 0) is 30.2 Å². The van der Waals surface area contributed by atoms with E-state index >= 15 is 0 Å². The minimum absolute atomic E-state index is 0.00270. The van der Waals surface area contributed by atoms with Gasteiger partial charge in [-0.1, -0.05) is 18.2 Å². The number of amides is 2. The molecule has 0 radical (unpaired) electrons. The second kappa shape index (κ2) is 7.64. The SMILES string of the molecule is O=C1CC[C@@H](CN(Cc2ccncc2)C(=O)c2cc(=O)[nH]c3ccccc23)N1. The number of nitrogens with zero attached hydrogens (tertiary/aromatic N) is 2. The van der Waals surface area contributed by atoms with E-state index in [1.165, 1.54) is 6.07 Å². The van der Waals surface area contributed by atoms with Crippen molar-refractivity contribution in [1.29, 1.82) is 0 Å². The molecule has 3 heterocycles. The van der Waals surface area contributed by atoms with Crippen molar-refractivity contribution in [2.24, 2.45) is 0 Å². The molecule has 7 heteroatoms. The molecule has 0 bridgehead atoms. The molecule has 0 unspecified atom stereocenters. The quantitative estimate of drug-likeness (QED) is 0.710. The van der Waals surface area contributed by atoms with Crippen LogP contribution in [-0.2, 0) is 11.3 Å². The molecule has 0 spiro atoms. The van der Waals surface area contributed by atoms with Crippen molar-refractivity contribution in [3.63, 3.8) is 0 Å². The highest BCUT2D eigenvalue weighted by atomic mass is 16.2. The van der Waals surface area contributed by atoms with Gasteiger partial charge in [0.15, 0.2) is 0 Å². The molecule has 1 fully saturated rings. The van der Waals surface area contributed by atoms with Crippen LogP contribution < -0.4 is 10.9 Å². The van der Waals surface area contributed by atoms with Gasteiger partial charge in [-0.15, -0.1) is 0 Å². The fraction of sp³-hybridized carbons (Fsp3) is 0.238. The highest BCUT2D eigenvalue weighted by molar-refractivity contribution is 6.06. The summed E-state index contributed by atoms with van der Waals surface area (Å²) in [7, 11) is 0. The summed E-state index contributed by atoms with van der Waals surface area (Å²) in [6.07, 6.45) is 4.51. The number of carbonyl (C=O) groups is 2. The minimum atomic E-state index is -0.319. The Kier molecular flexibility index (Phi) is 4.89. The Bertz CT molecular complexity index is 1080. The standard InChI is InChI=1S/C21H20N4O3/c26-19-6-5-15(23-19)13-25(12-14-7-9-22-10-8-14)21(28)17-11-20(27)24-18-4-2-1-3-16(17)18/h1-4,7-11,15H,5-6,12-13H2,(H,23,26)(H,24,27)/t15-/m0/s1. The van der Waals surface area contributed by atoms with Crippen molar-refractivity contribution in [2.45, 2.75) is 25.4 Å². The molecule has 2 N–H and O–H groups in total. The van der Waals surface area contributed by atoms with Crippen molar-refractivity contribution in [2.75, 3.05) is 6.54 Å². The minimum Gasteiger partial charge on any atom is -0.352 e. The number of nitrogens with one attached hydrogen (secondary N) is 2. The molecule has 1 aromatic carbocycles. The van der Waals surface area contributed by atoms with E-state index in [2.05, 4.69) is 15.3 Å². The van der Waals surface area contributed by atoms with Crippen LogP contribution in [0.1, 0.15) is 28.8 Å². The summed E-state index contributed by atoms with van der Waals surface area (Å²) < 4.78 is 0. The number of carbonyl (C=O) groups excluding carboxylic acids is 2. The van der Waals surface area contributed by atoms with E-state index in [4.69, 9.17) is 0 Å². The van der Waals surface area contributed by atoms with Crippen molar-refractivity contribution in [1.82, 2.24) is 20.2 Å². The Morgan fingerprint density at radius 3 is 2.68 bits per heavy atom. The maximum Gasteiger partial charge on any atom is 0.255 e. The number of aromatic amines is 1. The molecule has 7 nitrogen and oxygen atoms in total. The molecule has 142 valence electrons. The second-order valence-corrected chi connectivity index (χ2v) is 6.94. The van der Waals surface area contributed by atoms with Gasteiger partial charge in [0.2, 0.25) is 11.5 Å². The number of aromatic nitrogens is 2. The Labute approximate surface area is 161 Å². The van der Waals surface area contributed by atoms with Crippen molar-refractivity contribution in [3.8, 4) is 0 Å². The Balaban J connectivity index is 1.70. The highest BCUT2D eigenvalue weighted by Crippen LogP contribution is 2.19. The number of rotatable bonds is 5. The Morgan fingerprint density at radius 1 is 1.14 bits per heavy atom. The zero-order chi connectivity index (χ0) is 19.5. The first-order valence-corrected chi connectivity index (χ1v) is 9.20. The van der Waals surface area contributed by atoms with Crippen LogP contribution >= 0.6 is 0 Å². The summed E-state index contributed by atoms with van der Waals surface area (Å²) in [6, 6.07) is 12.2. The van der Waals surface area contributed by atoms with Gasteiger partial charge in [0, 0.05) is 54.9 Å². The summed E-state index contributed by atoms with van der Waals surface area (Å²) >= 11 is 0. The predicted octanol–water partition coefficient (Wildman–Crippen LogP) is 1.84. The third kappa shape index (κ3) is 3.78. The molecular formula is C21H20N4O3. The average molecular weight is 376 g/mol. The van der Waals surface area contributed by atoms with Crippen LogP contribution in [0.5, 0.6) is 0 Å². The monoisotopic (exact) mass is 376 g/mol. The molecule has 2 amide bonds. The van der Waals surface area contributed by atoms with Crippen LogP contribution in [0.15, 0.2) is 59.7 Å². The van der Waals surface area contributed by atoms with Gasteiger partial charge < -0.3 is 15.2 Å². The van der Waals surface area contributed by atoms with Gasteiger partial charge in [-0.25, -0.2) is 0 Å². The lowest BCUT2D eigenvalue weighted by Gasteiger charge is -2.26. The van der Waals surface area contributed by atoms with Crippen LogP contribution in [0.3, 0.4) is 0 Å². The summed E-state index contributed by atoms with van der Waals surface area (Å²) in [5.41, 5.74) is 1.59. The van der Waals surface area contributed by atoms with Gasteiger partial charge in [0.25, 0.3) is 5.91 Å². The zero-order valence-corrected chi connectivity index (χ0v) is 15.2. The third-order valence-electron chi connectivity index (χ3n) is 4.92. The van der Waals surface area contributed by atoms with Gasteiger partial charge in [0.05, 0.1) is 5.56 Å². The van der Waals surface area contributed by atoms with Gasteiger partial charge >= 0.3 is 0 Å². The van der Waals surface area contributed by atoms with E-state index in [0.29, 0.717) is 42.4 Å². The largest absolute Gasteiger partial charge is 0.352 e. The first kappa shape index (κ1) is 17.9. The molecule has 1 aliphatic heterocycles. The Morgan fingerprint density at radius 2 is 1.93 bits per heavy atom. The van der Waals surface area contributed by atoms with Crippen molar-refractivity contribution >= 4 is 22.7 Å². The molecule has 4 rings (SSSR count). The number of para-hydroxylation sites is 1. The number of hydrogen-bond donors (Lipinski definition) is 2. The molecule has 2 aromatic heterocycles. The van der Waals surface area contributed by atoms with Crippen LogP contribution in [0.4, 0.5) is 0 Å². The molecule has 0 aliphatic carbocycles. The number of hydrogen-bond acceptors (Lipinski definition) is 4. The smallest absolute Gasteiger partial charge is 0.255 e. The Hall–Kier alpha value is -3.48. The van der Waals surface area contributed by atoms with Gasteiger partial charge in [-0.3, -0.25) is 19.4 Å². The van der Waals surface area contributed by atoms with Crippen LogP contribution in [0, 0.1) is 0 Å². The van der Waals surface area contributed by atoms with Crippen molar-refractivity contribution < 1.29 is 9.59 Å². The first-order chi connectivity index (χ1) is 13.6. The molecule has 1 saturated heterocycles.